The first-order chi connectivity index (χ1) is 13.1. The maximum Gasteiger partial charge on any atom is 0.243 e. The van der Waals surface area contributed by atoms with E-state index < -0.39 is 10.0 Å². The predicted molar refractivity (Wildman–Crippen MR) is 111 cm³/mol. The first kappa shape index (κ1) is 21.7. The van der Waals surface area contributed by atoms with Crippen LogP contribution in [0.1, 0.15) is 46.0 Å². The topological polar surface area (TPSA) is 73.8 Å². The number of hydrogen-bond donors (Lipinski definition) is 2. The molecule has 1 saturated heterocycles. The summed E-state index contributed by atoms with van der Waals surface area (Å²) >= 11 is 0. The Bertz CT molecular complexity index is 668. The van der Waals surface area contributed by atoms with Crippen molar-refractivity contribution in [2.24, 2.45) is 10.9 Å². The SMILES string of the molecule is CCCCCNC(=NCC1CCN(S(=O)(=O)c2ccccc2)CC1)NCC. The van der Waals surface area contributed by atoms with Gasteiger partial charge in [0.2, 0.25) is 10.0 Å². The highest BCUT2D eigenvalue weighted by atomic mass is 32.2. The Morgan fingerprint density at radius 1 is 1.11 bits per heavy atom. The molecular weight excluding hydrogens is 360 g/mol. The van der Waals surface area contributed by atoms with Crippen LogP contribution < -0.4 is 10.6 Å². The number of rotatable bonds is 9. The van der Waals surface area contributed by atoms with E-state index >= 15 is 0 Å². The fourth-order valence-corrected chi connectivity index (χ4v) is 4.71. The van der Waals surface area contributed by atoms with Crippen LogP contribution in [0.3, 0.4) is 0 Å². The van der Waals surface area contributed by atoms with Crippen LogP contribution in [-0.4, -0.2) is 51.4 Å². The summed E-state index contributed by atoms with van der Waals surface area (Å²) in [7, 11) is -3.37. The molecule has 1 aromatic carbocycles. The van der Waals surface area contributed by atoms with Gasteiger partial charge in [-0.15, -0.1) is 0 Å². The minimum Gasteiger partial charge on any atom is -0.357 e. The minimum atomic E-state index is -3.37. The van der Waals surface area contributed by atoms with Crippen molar-refractivity contribution in [2.45, 2.75) is 50.8 Å². The number of guanidine groups is 1. The average Bonchev–Trinajstić information content (AvgIpc) is 2.70. The number of aliphatic imine (C=N–C) groups is 1. The molecule has 0 bridgehead atoms. The molecule has 0 spiro atoms. The molecule has 0 radical (unpaired) electrons. The van der Waals surface area contributed by atoms with Gasteiger partial charge in [0.1, 0.15) is 0 Å². The number of sulfonamides is 1. The Morgan fingerprint density at radius 2 is 1.81 bits per heavy atom. The lowest BCUT2D eigenvalue weighted by atomic mass is 9.98. The molecule has 1 fully saturated rings. The van der Waals surface area contributed by atoms with E-state index in [1.807, 2.05) is 6.07 Å². The molecule has 1 heterocycles. The van der Waals surface area contributed by atoms with Crippen LogP contribution in [0, 0.1) is 5.92 Å². The zero-order valence-corrected chi connectivity index (χ0v) is 17.5. The quantitative estimate of drug-likeness (QED) is 0.384. The molecule has 0 saturated carbocycles. The van der Waals surface area contributed by atoms with E-state index in [0.29, 0.717) is 23.9 Å². The summed E-state index contributed by atoms with van der Waals surface area (Å²) in [5, 5.41) is 6.67. The van der Waals surface area contributed by atoms with Crippen molar-refractivity contribution in [2.75, 3.05) is 32.7 Å². The monoisotopic (exact) mass is 394 g/mol. The third-order valence-corrected chi connectivity index (χ3v) is 6.79. The number of unbranched alkanes of at least 4 members (excludes halogenated alkanes) is 2. The molecule has 1 aromatic rings. The van der Waals surface area contributed by atoms with Gasteiger partial charge in [0, 0.05) is 32.7 Å². The highest BCUT2D eigenvalue weighted by Gasteiger charge is 2.29. The number of hydrogen-bond acceptors (Lipinski definition) is 3. The molecule has 0 aliphatic carbocycles. The zero-order valence-electron chi connectivity index (χ0n) is 16.7. The second kappa shape index (κ2) is 11.3. The second-order valence-corrected chi connectivity index (χ2v) is 8.95. The maximum atomic E-state index is 12.7. The van der Waals surface area contributed by atoms with E-state index in [1.54, 1.807) is 28.6 Å². The van der Waals surface area contributed by atoms with Crippen molar-refractivity contribution >= 4 is 16.0 Å². The highest BCUT2D eigenvalue weighted by molar-refractivity contribution is 7.89. The summed E-state index contributed by atoms with van der Waals surface area (Å²) in [6.45, 7) is 7.92. The summed E-state index contributed by atoms with van der Waals surface area (Å²) < 4.78 is 27.0. The van der Waals surface area contributed by atoms with Gasteiger partial charge in [-0.25, -0.2) is 8.42 Å². The fourth-order valence-electron chi connectivity index (χ4n) is 3.22. The van der Waals surface area contributed by atoms with Crippen molar-refractivity contribution in [3.8, 4) is 0 Å². The van der Waals surface area contributed by atoms with E-state index in [0.717, 1.165) is 44.9 Å². The van der Waals surface area contributed by atoms with Crippen molar-refractivity contribution in [1.29, 1.82) is 0 Å². The lowest BCUT2D eigenvalue weighted by molar-refractivity contribution is 0.278. The minimum absolute atomic E-state index is 0.382. The van der Waals surface area contributed by atoms with Gasteiger partial charge >= 0.3 is 0 Å². The molecule has 1 aliphatic heterocycles. The number of nitrogens with zero attached hydrogens (tertiary/aromatic N) is 2. The van der Waals surface area contributed by atoms with Crippen LogP contribution in [0.4, 0.5) is 0 Å². The van der Waals surface area contributed by atoms with Crippen LogP contribution >= 0.6 is 0 Å². The summed E-state index contributed by atoms with van der Waals surface area (Å²) in [5.74, 6) is 1.30. The van der Waals surface area contributed by atoms with Gasteiger partial charge < -0.3 is 10.6 Å². The number of nitrogens with one attached hydrogen (secondary N) is 2. The van der Waals surface area contributed by atoms with E-state index in [1.165, 1.54) is 12.8 Å². The lowest BCUT2D eigenvalue weighted by Gasteiger charge is -2.30. The predicted octanol–water partition coefficient (Wildman–Crippen LogP) is 2.83. The Morgan fingerprint density at radius 3 is 2.44 bits per heavy atom. The maximum absolute atomic E-state index is 12.7. The van der Waals surface area contributed by atoms with Gasteiger partial charge in [0.15, 0.2) is 5.96 Å². The van der Waals surface area contributed by atoms with Crippen LogP contribution in [0.15, 0.2) is 40.2 Å². The second-order valence-electron chi connectivity index (χ2n) is 7.01. The molecule has 0 atom stereocenters. The first-order valence-electron chi connectivity index (χ1n) is 10.1. The molecule has 0 amide bonds. The Hall–Kier alpha value is -1.60. The summed E-state index contributed by atoms with van der Waals surface area (Å²) in [5.41, 5.74) is 0. The van der Waals surface area contributed by atoms with E-state index in [9.17, 15) is 8.42 Å². The van der Waals surface area contributed by atoms with Gasteiger partial charge in [0.05, 0.1) is 4.90 Å². The molecule has 0 aromatic heterocycles. The standard InChI is InChI=1S/C20H34N4O2S/c1-3-5-9-14-22-20(21-4-2)23-17-18-12-15-24(16-13-18)27(25,26)19-10-7-6-8-11-19/h6-8,10-11,18H,3-5,9,12-17H2,1-2H3,(H2,21,22,23). The molecule has 2 rings (SSSR count). The van der Waals surface area contributed by atoms with Crippen LogP contribution in [0.5, 0.6) is 0 Å². The Kier molecular flexibility index (Phi) is 9.07. The van der Waals surface area contributed by atoms with Crippen LogP contribution in [0.2, 0.25) is 0 Å². The third-order valence-electron chi connectivity index (χ3n) is 4.88. The van der Waals surface area contributed by atoms with Gasteiger partial charge in [-0.2, -0.15) is 4.31 Å². The normalized spacial score (nSPS) is 17.0. The van der Waals surface area contributed by atoms with Gasteiger partial charge in [0.25, 0.3) is 0 Å². The van der Waals surface area contributed by atoms with Crippen LogP contribution in [0.25, 0.3) is 0 Å². The first-order valence-corrected chi connectivity index (χ1v) is 11.6. The molecule has 1 aliphatic rings. The van der Waals surface area contributed by atoms with Crippen molar-refractivity contribution < 1.29 is 8.42 Å². The van der Waals surface area contributed by atoms with Gasteiger partial charge in [-0.05, 0) is 44.2 Å². The van der Waals surface area contributed by atoms with Gasteiger partial charge in [-0.3, -0.25) is 4.99 Å². The Balaban J connectivity index is 1.83. The molecule has 7 heteroatoms. The molecular formula is C20H34N4O2S. The summed E-state index contributed by atoms with van der Waals surface area (Å²) in [4.78, 5) is 5.09. The third kappa shape index (κ3) is 6.81. The van der Waals surface area contributed by atoms with Crippen molar-refractivity contribution in [1.82, 2.24) is 14.9 Å². The molecule has 152 valence electrons. The number of piperidine rings is 1. The molecule has 27 heavy (non-hydrogen) atoms. The van der Waals surface area contributed by atoms with Crippen molar-refractivity contribution in [3.63, 3.8) is 0 Å². The fraction of sp³-hybridized carbons (Fsp3) is 0.650. The van der Waals surface area contributed by atoms with Gasteiger partial charge in [-0.1, -0.05) is 38.0 Å². The Labute approximate surface area is 164 Å². The zero-order chi connectivity index (χ0) is 19.5. The van der Waals surface area contributed by atoms with E-state index in [2.05, 4.69) is 24.5 Å². The largest absolute Gasteiger partial charge is 0.357 e. The summed E-state index contributed by atoms with van der Waals surface area (Å²) in [6, 6.07) is 8.70. The summed E-state index contributed by atoms with van der Waals surface area (Å²) in [6.07, 6.45) is 5.28. The van der Waals surface area contributed by atoms with Crippen molar-refractivity contribution in [3.05, 3.63) is 30.3 Å². The highest BCUT2D eigenvalue weighted by Crippen LogP contribution is 2.23. The smallest absolute Gasteiger partial charge is 0.243 e. The molecule has 6 nitrogen and oxygen atoms in total. The number of benzene rings is 1. The van der Waals surface area contributed by atoms with E-state index in [-0.39, 0.29) is 0 Å². The lowest BCUT2D eigenvalue weighted by Crippen LogP contribution is -2.40. The molecule has 0 unspecified atom stereocenters. The van der Waals surface area contributed by atoms with E-state index in [4.69, 9.17) is 4.99 Å². The van der Waals surface area contributed by atoms with Crippen LogP contribution in [-0.2, 0) is 10.0 Å². The average molecular weight is 395 g/mol. The molecule has 2 N–H and O–H groups in total.